The third-order valence-corrected chi connectivity index (χ3v) is 11.2. The first-order valence-electron chi connectivity index (χ1n) is 18.8. The predicted molar refractivity (Wildman–Crippen MR) is 195 cm³/mol. The van der Waals surface area contributed by atoms with Crippen molar-refractivity contribution in [1.82, 2.24) is 29.7 Å². The lowest BCUT2D eigenvalue weighted by Crippen LogP contribution is -2.53. The highest BCUT2D eigenvalue weighted by Gasteiger charge is 2.44. The molecular weight excluding hydrogens is 657 g/mol. The van der Waals surface area contributed by atoms with E-state index in [-0.39, 0.29) is 24.0 Å². The number of likely N-dealkylation sites (tertiary alicyclic amines) is 1. The number of alkyl halides is 2. The number of benzene rings is 1. The van der Waals surface area contributed by atoms with Gasteiger partial charge < -0.3 is 25.2 Å². The highest BCUT2D eigenvalue weighted by molar-refractivity contribution is 5.89. The number of pyridine rings is 1. The minimum absolute atomic E-state index is 0.111. The maximum atomic E-state index is 16.0. The summed E-state index contributed by atoms with van der Waals surface area (Å²) < 4.78 is 49.0. The van der Waals surface area contributed by atoms with Crippen LogP contribution in [0.25, 0.3) is 11.0 Å². The van der Waals surface area contributed by atoms with Gasteiger partial charge in [0.1, 0.15) is 35.6 Å². The number of carbonyl (C=O) groups excluding carboxylic acids is 1. The Kier molecular flexibility index (Phi) is 12.3. The lowest BCUT2D eigenvalue weighted by molar-refractivity contribution is -0.107. The fourth-order valence-corrected chi connectivity index (χ4v) is 8.08. The summed E-state index contributed by atoms with van der Waals surface area (Å²) in [6.07, 6.45) is 9.03. The lowest BCUT2D eigenvalue weighted by atomic mass is 9.86. The molecule has 0 saturated carbocycles. The zero-order valence-corrected chi connectivity index (χ0v) is 30.1. The molecule has 51 heavy (non-hydrogen) atoms. The van der Waals surface area contributed by atoms with E-state index in [0.29, 0.717) is 54.6 Å². The molecule has 10 nitrogen and oxygen atoms in total. The SMILES string of the molecule is C[C@@H](Nc1ncnc2c1cc(N1CCN(C3CCN(C)CC3)CC1)c(=O)n2CCCCCCC=O)c1cccc(C(F)(F)C2CCNCC2)c1F. The van der Waals surface area contributed by atoms with Gasteiger partial charge in [-0.25, -0.2) is 23.1 Å². The van der Waals surface area contributed by atoms with Crippen molar-refractivity contribution in [2.24, 2.45) is 5.92 Å². The summed E-state index contributed by atoms with van der Waals surface area (Å²) in [5.41, 5.74) is 0.489. The molecule has 6 rings (SSSR count). The van der Waals surface area contributed by atoms with Crippen LogP contribution in [-0.4, -0.2) is 96.1 Å². The summed E-state index contributed by atoms with van der Waals surface area (Å²) in [5, 5.41) is 7.02. The number of anilines is 2. The normalized spacial score (nSPS) is 19.4. The van der Waals surface area contributed by atoms with Gasteiger partial charge in [0.15, 0.2) is 0 Å². The second kappa shape index (κ2) is 16.9. The van der Waals surface area contributed by atoms with Gasteiger partial charge in [-0.2, -0.15) is 0 Å². The number of unbranched alkanes of at least 4 members (excludes halogenated alkanes) is 4. The van der Waals surface area contributed by atoms with Gasteiger partial charge in [0.2, 0.25) is 0 Å². The van der Waals surface area contributed by atoms with Crippen LogP contribution in [0.4, 0.5) is 24.7 Å². The van der Waals surface area contributed by atoms with Crippen molar-refractivity contribution in [3.05, 3.63) is 57.9 Å². The molecule has 3 aliphatic heterocycles. The van der Waals surface area contributed by atoms with Crippen LogP contribution in [0.5, 0.6) is 0 Å². The fraction of sp³-hybridized carbons (Fsp3) is 0.632. The van der Waals surface area contributed by atoms with Crippen molar-refractivity contribution < 1.29 is 18.0 Å². The molecule has 3 aliphatic rings. The lowest BCUT2D eigenvalue weighted by Gasteiger charge is -2.42. The molecule has 0 radical (unpaired) electrons. The first-order chi connectivity index (χ1) is 24.7. The molecule has 0 amide bonds. The number of hydrogen-bond donors (Lipinski definition) is 2. The highest BCUT2D eigenvalue weighted by Crippen LogP contribution is 2.43. The third-order valence-electron chi connectivity index (χ3n) is 11.2. The molecule has 0 aliphatic carbocycles. The number of halogens is 3. The molecular formula is C38H53F3N8O2. The maximum Gasteiger partial charge on any atom is 0.278 e. The standard InChI is InChI=1S/C38H53F3N8O2/c1-27(30-9-8-10-32(34(30)39)38(40,41)28-11-15-42-16-12-28)45-35-31-25-33(48-22-20-47(21-23-48)29-13-18-46(2)19-14-29)37(51)49(36(31)44-26-43-35)17-6-4-3-5-7-24-50/h8-10,24-29,42H,3-7,11-23H2,1-2H3,(H,43,44,45)/t27-/m1/s1. The average Bonchev–Trinajstić information content (AvgIpc) is 3.14. The Labute approximate surface area is 298 Å². The van der Waals surface area contributed by atoms with Gasteiger partial charge in [-0.15, -0.1) is 0 Å². The second-order valence-corrected chi connectivity index (χ2v) is 14.6. The Hall–Kier alpha value is -3.55. The Morgan fingerprint density at radius 3 is 2.45 bits per heavy atom. The molecule has 2 N–H and O–H groups in total. The predicted octanol–water partition coefficient (Wildman–Crippen LogP) is 5.56. The van der Waals surface area contributed by atoms with E-state index in [9.17, 15) is 9.59 Å². The summed E-state index contributed by atoms with van der Waals surface area (Å²) in [6, 6.07) is 5.93. The van der Waals surface area contributed by atoms with Gasteiger partial charge in [-0.05, 0) is 84.7 Å². The van der Waals surface area contributed by atoms with Gasteiger partial charge in [0, 0.05) is 56.7 Å². The first-order valence-corrected chi connectivity index (χ1v) is 18.8. The van der Waals surface area contributed by atoms with Crippen LogP contribution in [0.15, 0.2) is 35.4 Å². The molecule has 5 heterocycles. The number of nitrogens with zero attached hydrogens (tertiary/aromatic N) is 6. The van der Waals surface area contributed by atoms with Crippen LogP contribution in [0.2, 0.25) is 0 Å². The fourth-order valence-electron chi connectivity index (χ4n) is 8.08. The summed E-state index contributed by atoms with van der Waals surface area (Å²) in [4.78, 5) is 41.1. The molecule has 1 aromatic carbocycles. The van der Waals surface area contributed by atoms with E-state index in [0.717, 1.165) is 84.1 Å². The van der Waals surface area contributed by atoms with Crippen molar-refractivity contribution in [2.45, 2.75) is 89.3 Å². The number of nitrogens with one attached hydrogen (secondary N) is 2. The molecule has 3 fully saturated rings. The molecule has 13 heteroatoms. The molecule has 2 aromatic heterocycles. The zero-order valence-electron chi connectivity index (χ0n) is 30.1. The monoisotopic (exact) mass is 710 g/mol. The third kappa shape index (κ3) is 8.41. The van der Waals surface area contributed by atoms with Crippen molar-refractivity contribution >= 4 is 28.8 Å². The van der Waals surface area contributed by atoms with Crippen molar-refractivity contribution in [3.8, 4) is 0 Å². The number of aldehydes is 1. The van der Waals surface area contributed by atoms with Crippen LogP contribution in [0, 0.1) is 11.7 Å². The van der Waals surface area contributed by atoms with E-state index in [1.807, 2.05) is 6.07 Å². The summed E-state index contributed by atoms with van der Waals surface area (Å²) in [7, 11) is 2.17. The van der Waals surface area contributed by atoms with Crippen molar-refractivity contribution in [3.63, 3.8) is 0 Å². The van der Waals surface area contributed by atoms with E-state index >= 15 is 13.2 Å². The van der Waals surface area contributed by atoms with Gasteiger partial charge in [-0.1, -0.05) is 31.0 Å². The van der Waals surface area contributed by atoms with Crippen LogP contribution in [-0.2, 0) is 17.3 Å². The summed E-state index contributed by atoms with van der Waals surface area (Å²) >= 11 is 0. The van der Waals surface area contributed by atoms with Crippen LogP contribution < -0.4 is 21.1 Å². The largest absolute Gasteiger partial charge is 0.364 e. The van der Waals surface area contributed by atoms with Gasteiger partial charge in [-0.3, -0.25) is 14.3 Å². The molecule has 3 aromatic rings. The van der Waals surface area contributed by atoms with Gasteiger partial charge in [0.25, 0.3) is 11.5 Å². The quantitative estimate of drug-likeness (QED) is 0.165. The van der Waals surface area contributed by atoms with Crippen molar-refractivity contribution in [2.75, 3.05) is 69.6 Å². The number of aryl methyl sites for hydroxylation is 1. The Bertz CT molecular complexity index is 1680. The van der Waals surface area contributed by atoms with Gasteiger partial charge >= 0.3 is 0 Å². The molecule has 278 valence electrons. The van der Waals surface area contributed by atoms with Crippen LogP contribution in [0.1, 0.15) is 81.9 Å². The maximum absolute atomic E-state index is 16.0. The molecule has 0 bridgehead atoms. The van der Waals surface area contributed by atoms with E-state index in [2.05, 4.69) is 42.3 Å². The number of hydrogen-bond acceptors (Lipinski definition) is 9. The minimum Gasteiger partial charge on any atom is -0.364 e. The summed E-state index contributed by atoms with van der Waals surface area (Å²) in [6.45, 7) is 8.52. The van der Waals surface area contributed by atoms with E-state index < -0.39 is 29.3 Å². The summed E-state index contributed by atoms with van der Waals surface area (Å²) in [5.74, 6) is -4.72. The van der Waals surface area contributed by atoms with Gasteiger partial charge in [0.05, 0.1) is 17.0 Å². The number of fused-ring (bicyclic) bond motifs is 1. The minimum atomic E-state index is -3.29. The second-order valence-electron chi connectivity index (χ2n) is 14.6. The first kappa shape index (κ1) is 37.2. The number of piperidine rings is 2. The smallest absolute Gasteiger partial charge is 0.278 e. The number of rotatable bonds is 14. The molecule has 0 unspecified atom stereocenters. The van der Waals surface area contributed by atoms with E-state index in [1.54, 1.807) is 11.5 Å². The van der Waals surface area contributed by atoms with Crippen molar-refractivity contribution in [1.29, 1.82) is 0 Å². The number of aromatic nitrogens is 3. The molecule has 3 saturated heterocycles. The average molecular weight is 711 g/mol. The highest BCUT2D eigenvalue weighted by atomic mass is 19.3. The Balaban J connectivity index is 1.28. The van der Waals surface area contributed by atoms with E-state index in [4.69, 9.17) is 0 Å². The molecule has 1 atom stereocenters. The Morgan fingerprint density at radius 2 is 1.73 bits per heavy atom. The molecule has 0 spiro atoms. The Morgan fingerprint density at radius 1 is 1.00 bits per heavy atom. The van der Waals surface area contributed by atoms with Crippen LogP contribution >= 0.6 is 0 Å². The van der Waals surface area contributed by atoms with Crippen LogP contribution in [0.3, 0.4) is 0 Å². The number of carbonyl (C=O) groups is 1. The zero-order chi connectivity index (χ0) is 36.0. The number of piperazine rings is 1. The van der Waals surface area contributed by atoms with E-state index in [1.165, 1.54) is 24.5 Å². The topological polar surface area (TPSA) is 98.6 Å².